The fourth-order valence-electron chi connectivity index (χ4n) is 1.60. The molecule has 90 valence electrons. The Labute approximate surface area is 105 Å². The van der Waals surface area contributed by atoms with Gasteiger partial charge in [-0.2, -0.15) is 0 Å². The van der Waals surface area contributed by atoms with Gasteiger partial charge in [-0.25, -0.2) is 9.97 Å². The van der Waals surface area contributed by atoms with Crippen molar-refractivity contribution in [1.29, 1.82) is 0 Å². The molecule has 2 aromatic heterocycles. The van der Waals surface area contributed by atoms with Crippen LogP contribution in [-0.2, 0) is 13.1 Å². The molecule has 0 aliphatic rings. The van der Waals surface area contributed by atoms with E-state index in [9.17, 15) is 0 Å². The van der Waals surface area contributed by atoms with Crippen molar-refractivity contribution in [1.82, 2.24) is 9.97 Å². The number of thiazole rings is 1. The summed E-state index contributed by atoms with van der Waals surface area (Å²) in [6.07, 6.45) is 0. The molecule has 4 nitrogen and oxygen atoms in total. The summed E-state index contributed by atoms with van der Waals surface area (Å²) in [5.41, 5.74) is 7.57. The van der Waals surface area contributed by atoms with Gasteiger partial charge in [-0.05, 0) is 19.1 Å². The normalized spacial score (nSPS) is 10.5. The molecule has 2 heterocycles. The molecule has 0 spiro atoms. The molecule has 2 N–H and O–H groups in total. The third kappa shape index (κ3) is 3.01. The second kappa shape index (κ2) is 5.25. The highest BCUT2D eigenvalue weighted by atomic mass is 32.1. The second-order valence-electron chi connectivity index (χ2n) is 3.91. The third-order valence-electron chi connectivity index (χ3n) is 2.46. The van der Waals surface area contributed by atoms with Crippen LogP contribution in [0.3, 0.4) is 0 Å². The van der Waals surface area contributed by atoms with E-state index < -0.39 is 0 Å². The number of nitrogens with two attached hydrogens (primary N) is 1. The summed E-state index contributed by atoms with van der Waals surface area (Å²) in [7, 11) is 2.01. The van der Waals surface area contributed by atoms with Crippen molar-refractivity contribution < 1.29 is 0 Å². The Morgan fingerprint density at radius 1 is 1.29 bits per heavy atom. The number of pyridine rings is 1. The Balaban J connectivity index is 2.11. The fraction of sp³-hybridized carbons (Fsp3) is 0.333. The van der Waals surface area contributed by atoms with Crippen LogP contribution < -0.4 is 10.6 Å². The maximum absolute atomic E-state index is 5.58. The molecule has 0 amide bonds. The molecule has 0 saturated carbocycles. The van der Waals surface area contributed by atoms with Crippen LogP contribution in [0.5, 0.6) is 0 Å². The summed E-state index contributed by atoms with van der Waals surface area (Å²) < 4.78 is 0. The topological polar surface area (TPSA) is 55.0 Å². The van der Waals surface area contributed by atoms with E-state index in [-0.39, 0.29) is 0 Å². The van der Waals surface area contributed by atoms with Gasteiger partial charge in [-0.1, -0.05) is 6.07 Å². The highest BCUT2D eigenvalue weighted by Gasteiger charge is 2.06. The molecular formula is C12H16N4S. The Morgan fingerprint density at radius 2 is 2.12 bits per heavy atom. The predicted octanol–water partition coefficient (Wildman–Crippen LogP) is 1.94. The van der Waals surface area contributed by atoms with Crippen molar-refractivity contribution in [3.05, 3.63) is 40.0 Å². The number of rotatable bonds is 4. The summed E-state index contributed by atoms with van der Waals surface area (Å²) in [5, 5.41) is 3.18. The first-order valence-electron chi connectivity index (χ1n) is 5.47. The zero-order valence-electron chi connectivity index (χ0n) is 10.1. The smallest absolute Gasteiger partial charge is 0.128 e. The van der Waals surface area contributed by atoms with Gasteiger partial charge in [0, 0.05) is 19.0 Å². The quantitative estimate of drug-likeness (QED) is 0.898. The number of anilines is 1. The molecule has 0 atom stereocenters. The van der Waals surface area contributed by atoms with Crippen molar-refractivity contribution in [2.24, 2.45) is 5.73 Å². The molecule has 0 radical (unpaired) electrons. The van der Waals surface area contributed by atoms with E-state index in [2.05, 4.69) is 20.2 Å². The van der Waals surface area contributed by atoms with Gasteiger partial charge in [0.1, 0.15) is 5.82 Å². The molecular weight excluding hydrogens is 232 g/mol. The van der Waals surface area contributed by atoms with Gasteiger partial charge in [0.25, 0.3) is 0 Å². The van der Waals surface area contributed by atoms with Crippen molar-refractivity contribution in [3.8, 4) is 0 Å². The maximum atomic E-state index is 5.58. The average Bonchev–Trinajstić information content (AvgIpc) is 2.75. The highest BCUT2D eigenvalue weighted by Crippen LogP contribution is 2.15. The van der Waals surface area contributed by atoms with E-state index in [1.165, 1.54) is 0 Å². The monoisotopic (exact) mass is 248 g/mol. The molecule has 0 unspecified atom stereocenters. The predicted molar refractivity (Wildman–Crippen MR) is 71.1 cm³/mol. The van der Waals surface area contributed by atoms with Crippen LogP contribution in [0.25, 0.3) is 0 Å². The lowest BCUT2D eigenvalue weighted by Crippen LogP contribution is -2.18. The minimum Gasteiger partial charge on any atom is -0.354 e. The highest BCUT2D eigenvalue weighted by molar-refractivity contribution is 7.09. The van der Waals surface area contributed by atoms with E-state index in [4.69, 9.17) is 5.73 Å². The second-order valence-corrected chi connectivity index (χ2v) is 4.97. The number of nitrogens with zero attached hydrogens (tertiary/aromatic N) is 3. The number of hydrogen-bond acceptors (Lipinski definition) is 5. The van der Waals surface area contributed by atoms with Crippen LogP contribution in [0.2, 0.25) is 0 Å². The maximum Gasteiger partial charge on any atom is 0.128 e. The molecule has 0 aliphatic carbocycles. The van der Waals surface area contributed by atoms with Crippen LogP contribution in [0, 0.1) is 6.92 Å². The first kappa shape index (κ1) is 12.0. The molecule has 2 rings (SSSR count). The van der Waals surface area contributed by atoms with Crippen molar-refractivity contribution in [2.75, 3.05) is 11.9 Å². The van der Waals surface area contributed by atoms with E-state index in [1.807, 2.05) is 32.2 Å². The summed E-state index contributed by atoms with van der Waals surface area (Å²) in [4.78, 5) is 11.0. The Hall–Kier alpha value is -1.46. The molecule has 0 aromatic carbocycles. The zero-order chi connectivity index (χ0) is 12.3. The molecule has 17 heavy (non-hydrogen) atoms. The zero-order valence-corrected chi connectivity index (χ0v) is 10.9. The van der Waals surface area contributed by atoms with Crippen LogP contribution in [-0.4, -0.2) is 17.0 Å². The van der Waals surface area contributed by atoms with Gasteiger partial charge in [0.2, 0.25) is 0 Å². The number of aromatic nitrogens is 2. The van der Waals surface area contributed by atoms with E-state index >= 15 is 0 Å². The van der Waals surface area contributed by atoms with Crippen molar-refractivity contribution in [2.45, 2.75) is 20.0 Å². The largest absolute Gasteiger partial charge is 0.354 e. The summed E-state index contributed by atoms with van der Waals surface area (Å²) in [5.74, 6) is 0.929. The van der Waals surface area contributed by atoms with Gasteiger partial charge < -0.3 is 10.6 Å². The van der Waals surface area contributed by atoms with E-state index in [0.717, 1.165) is 28.8 Å². The Bertz CT molecular complexity index is 495. The SMILES string of the molecule is Cc1nc(CN(C)c2cccc(CN)n2)cs1. The van der Waals surface area contributed by atoms with Crippen LogP contribution in [0.15, 0.2) is 23.6 Å². The van der Waals surface area contributed by atoms with Crippen LogP contribution in [0.4, 0.5) is 5.82 Å². The van der Waals surface area contributed by atoms with Crippen LogP contribution in [0.1, 0.15) is 16.4 Å². The van der Waals surface area contributed by atoms with Gasteiger partial charge in [0.05, 0.1) is 22.9 Å². The summed E-state index contributed by atoms with van der Waals surface area (Å²) in [6.45, 7) is 3.25. The standard InChI is InChI=1S/C12H16N4S/c1-9-14-11(8-17-9)7-16(2)12-5-3-4-10(6-13)15-12/h3-5,8H,6-7,13H2,1-2H3. The van der Waals surface area contributed by atoms with Crippen molar-refractivity contribution in [3.63, 3.8) is 0 Å². The average molecular weight is 248 g/mol. The Kier molecular flexibility index (Phi) is 3.71. The lowest BCUT2D eigenvalue weighted by atomic mass is 10.3. The van der Waals surface area contributed by atoms with Crippen LogP contribution >= 0.6 is 11.3 Å². The first-order chi connectivity index (χ1) is 8.19. The molecule has 0 fully saturated rings. The lowest BCUT2D eigenvalue weighted by molar-refractivity contribution is 0.857. The van der Waals surface area contributed by atoms with Gasteiger partial charge in [-0.15, -0.1) is 11.3 Å². The number of aryl methyl sites for hydroxylation is 1. The van der Waals surface area contributed by atoms with Gasteiger partial charge >= 0.3 is 0 Å². The molecule has 0 bridgehead atoms. The minimum atomic E-state index is 0.470. The molecule has 0 aliphatic heterocycles. The first-order valence-corrected chi connectivity index (χ1v) is 6.35. The fourth-order valence-corrected chi connectivity index (χ4v) is 2.20. The van der Waals surface area contributed by atoms with Gasteiger partial charge in [0.15, 0.2) is 0 Å². The lowest BCUT2D eigenvalue weighted by Gasteiger charge is -2.17. The summed E-state index contributed by atoms with van der Waals surface area (Å²) >= 11 is 1.67. The minimum absolute atomic E-state index is 0.470. The molecule has 0 saturated heterocycles. The number of hydrogen-bond donors (Lipinski definition) is 1. The summed E-state index contributed by atoms with van der Waals surface area (Å²) in [6, 6.07) is 5.90. The Morgan fingerprint density at radius 3 is 2.76 bits per heavy atom. The van der Waals surface area contributed by atoms with Crippen molar-refractivity contribution >= 4 is 17.2 Å². The van der Waals surface area contributed by atoms with E-state index in [0.29, 0.717) is 6.54 Å². The molecule has 2 aromatic rings. The third-order valence-corrected chi connectivity index (χ3v) is 3.28. The van der Waals surface area contributed by atoms with E-state index in [1.54, 1.807) is 11.3 Å². The molecule has 5 heteroatoms. The van der Waals surface area contributed by atoms with Gasteiger partial charge in [-0.3, -0.25) is 0 Å².